The van der Waals surface area contributed by atoms with Crippen LogP contribution >= 0.6 is 0 Å². The van der Waals surface area contributed by atoms with E-state index >= 15 is 0 Å². The van der Waals surface area contributed by atoms with Crippen molar-refractivity contribution in [1.82, 2.24) is 4.98 Å². The molecule has 1 aromatic carbocycles. The summed E-state index contributed by atoms with van der Waals surface area (Å²) in [5, 5.41) is 0.870. The highest BCUT2D eigenvalue weighted by molar-refractivity contribution is 6.11. The number of benzene rings is 1. The second-order valence-electron chi connectivity index (χ2n) is 5.03. The minimum atomic E-state index is -0.0427. The molecule has 1 N–H and O–H groups in total. The first-order valence-electron chi connectivity index (χ1n) is 6.50. The van der Waals surface area contributed by atoms with Gasteiger partial charge < -0.3 is 14.5 Å². The van der Waals surface area contributed by atoms with Crippen molar-refractivity contribution in [1.29, 1.82) is 0 Å². The van der Waals surface area contributed by atoms with Crippen molar-refractivity contribution >= 4 is 16.7 Å². The lowest BCUT2D eigenvalue weighted by Gasteiger charge is -2.07. The molecule has 2 unspecified atom stereocenters. The Labute approximate surface area is 111 Å². The van der Waals surface area contributed by atoms with Gasteiger partial charge in [0.15, 0.2) is 5.78 Å². The number of aromatic amines is 1. The minimum absolute atomic E-state index is 0.0427. The van der Waals surface area contributed by atoms with Gasteiger partial charge in [-0.3, -0.25) is 4.79 Å². The molecular formula is C15H17NO3. The van der Waals surface area contributed by atoms with Crippen LogP contribution in [0, 0.1) is 5.92 Å². The van der Waals surface area contributed by atoms with Crippen LogP contribution in [0.4, 0.5) is 0 Å². The molecule has 4 nitrogen and oxygen atoms in total. The van der Waals surface area contributed by atoms with Crippen LogP contribution in [0.25, 0.3) is 10.9 Å². The number of ketones is 1. The summed E-state index contributed by atoms with van der Waals surface area (Å²) in [5.74, 6) is 0.827. The molecule has 1 aliphatic heterocycles. The quantitative estimate of drug-likeness (QED) is 0.862. The van der Waals surface area contributed by atoms with Crippen molar-refractivity contribution < 1.29 is 14.3 Å². The number of methoxy groups -OCH3 is 1. The molecule has 4 heteroatoms. The van der Waals surface area contributed by atoms with Crippen LogP contribution in [0.15, 0.2) is 24.4 Å². The summed E-state index contributed by atoms with van der Waals surface area (Å²) in [6.45, 7) is 2.52. The Kier molecular flexibility index (Phi) is 3.03. The molecule has 2 atom stereocenters. The number of H-pyrrole nitrogens is 1. The Morgan fingerprint density at radius 1 is 1.47 bits per heavy atom. The Morgan fingerprint density at radius 3 is 3.00 bits per heavy atom. The number of carbonyl (C=O) groups is 1. The fraction of sp³-hybridized carbons (Fsp3) is 0.400. The highest BCUT2D eigenvalue weighted by Crippen LogP contribution is 2.32. The monoisotopic (exact) mass is 259 g/mol. The lowest BCUT2D eigenvalue weighted by atomic mass is 9.95. The Balaban J connectivity index is 2.03. The zero-order chi connectivity index (χ0) is 13.4. The molecule has 0 aliphatic carbocycles. The predicted molar refractivity (Wildman–Crippen MR) is 72.7 cm³/mol. The first-order chi connectivity index (χ1) is 9.20. The SMILES string of the molecule is COc1cccc2[nH]cc(C(=O)C3COC(C)C3)c12. The Bertz CT molecular complexity index is 617. The van der Waals surface area contributed by atoms with E-state index in [0.29, 0.717) is 12.2 Å². The molecule has 1 aromatic heterocycles. The van der Waals surface area contributed by atoms with Gasteiger partial charge in [0.25, 0.3) is 0 Å². The predicted octanol–water partition coefficient (Wildman–Crippen LogP) is 2.78. The van der Waals surface area contributed by atoms with E-state index in [1.165, 1.54) is 0 Å². The average Bonchev–Trinajstić information content (AvgIpc) is 3.03. The van der Waals surface area contributed by atoms with Crippen molar-refractivity contribution in [2.24, 2.45) is 5.92 Å². The number of nitrogens with one attached hydrogen (secondary N) is 1. The summed E-state index contributed by atoms with van der Waals surface area (Å²) in [4.78, 5) is 15.7. The molecule has 2 aromatic rings. The first-order valence-corrected chi connectivity index (χ1v) is 6.50. The largest absolute Gasteiger partial charge is 0.496 e. The summed E-state index contributed by atoms with van der Waals surface area (Å²) in [5.41, 5.74) is 1.63. The van der Waals surface area contributed by atoms with Crippen molar-refractivity contribution in [3.8, 4) is 5.75 Å². The van der Waals surface area contributed by atoms with Crippen LogP contribution in [0.1, 0.15) is 23.7 Å². The standard InChI is InChI=1S/C15H17NO3/c1-9-6-10(8-19-9)15(17)11-7-16-12-4-3-5-13(18-2)14(11)12/h3-5,7,9-10,16H,6,8H2,1-2H3. The second kappa shape index (κ2) is 4.70. The van der Waals surface area contributed by atoms with Crippen molar-refractivity contribution in [3.05, 3.63) is 30.0 Å². The molecule has 0 amide bonds. The van der Waals surface area contributed by atoms with Gasteiger partial charge in [0, 0.05) is 23.2 Å². The summed E-state index contributed by atoms with van der Waals surface area (Å²) in [6.07, 6.45) is 2.74. The van der Waals surface area contributed by atoms with Gasteiger partial charge in [-0.15, -0.1) is 0 Å². The lowest BCUT2D eigenvalue weighted by molar-refractivity contribution is 0.0879. The Morgan fingerprint density at radius 2 is 2.32 bits per heavy atom. The summed E-state index contributed by atoms with van der Waals surface area (Å²) >= 11 is 0. The second-order valence-corrected chi connectivity index (χ2v) is 5.03. The van der Waals surface area contributed by atoms with Crippen molar-refractivity contribution in [3.63, 3.8) is 0 Å². The molecule has 3 rings (SSSR count). The van der Waals surface area contributed by atoms with Gasteiger partial charge in [-0.05, 0) is 25.5 Å². The maximum atomic E-state index is 12.6. The molecule has 1 aliphatic rings. The smallest absolute Gasteiger partial charge is 0.170 e. The normalized spacial score (nSPS) is 22.8. The highest BCUT2D eigenvalue weighted by Gasteiger charge is 2.30. The van der Waals surface area contributed by atoms with Gasteiger partial charge in [0.1, 0.15) is 5.75 Å². The number of carbonyl (C=O) groups excluding carboxylic acids is 1. The zero-order valence-corrected chi connectivity index (χ0v) is 11.1. The van der Waals surface area contributed by atoms with Gasteiger partial charge >= 0.3 is 0 Å². The van der Waals surface area contributed by atoms with Crippen LogP contribution in [0.2, 0.25) is 0 Å². The summed E-state index contributed by atoms with van der Waals surface area (Å²) in [6, 6.07) is 5.73. The van der Waals surface area contributed by atoms with Gasteiger partial charge in [-0.2, -0.15) is 0 Å². The molecule has 0 spiro atoms. The Hall–Kier alpha value is -1.81. The van der Waals surface area contributed by atoms with Crippen molar-refractivity contribution in [2.75, 3.05) is 13.7 Å². The molecule has 19 heavy (non-hydrogen) atoms. The summed E-state index contributed by atoms with van der Waals surface area (Å²) < 4.78 is 10.8. The van der Waals surface area contributed by atoms with Crippen LogP contribution in [-0.4, -0.2) is 30.6 Å². The number of ether oxygens (including phenoxy) is 2. The third kappa shape index (κ3) is 2.02. The number of hydrogen-bond donors (Lipinski definition) is 1. The number of hydrogen-bond acceptors (Lipinski definition) is 3. The number of Topliss-reactive ketones (excluding diaryl/α,β-unsaturated/α-hetero) is 1. The van der Waals surface area contributed by atoms with Gasteiger partial charge in [-0.25, -0.2) is 0 Å². The zero-order valence-electron chi connectivity index (χ0n) is 11.1. The maximum absolute atomic E-state index is 12.6. The number of aromatic nitrogens is 1. The number of rotatable bonds is 3. The van der Waals surface area contributed by atoms with Crippen molar-refractivity contribution in [2.45, 2.75) is 19.4 Å². The topological polar surface area (TPSA) is 51.3 Å². The van der Waals surface area contributed by atoms with E-state index in [4.69, 9.17) is 9.47 Å². The van der Waals surface area contributed by atoms with Crippen LogP contribution in [-0.2, 0) is 4.74 Å². The van der Waals surface area contributed by atoms with Gasteiger partial charge in [0.05, 0.1) is 25.2 Å². The molecule has 100 valence electrons. The number of fused-ring (bicyclic) bond motifs is 1. The summed E-state index contributed by atoms with van der Waals surface area (Å²) in [7, 11) is 1.62. The van der Waals surface area contributed by atoms with E-state index in [0.717, 1.165) is 23.1 Å². The molecular weight excluding hydrogens is 242 g/mol. The average molecular weight is 259 g/mol. The third-order valence-corrected chi connectivity index (χ3v) is 3.72. The maximum Gasteiger partial charge on any atom is 0.170 e. The first kappa shape index (κ1) is 12.2. The van der Waals surface area contributed by atoms with E-state index < -0.39 is 0 Å². The minimum Gasteiger partial charge on any atom is -0.496 e. The van der Waals surface area contributed by atoms with E-state index in [1.54, 1.807) is 13.3 Å². The van der Waals surface area contributed by atoms with E-state index in [1.807, 2.05) is 25.1 Å². The molecule has 2 heterocycles. The lowest BCUT2D eigenvalue weighted by Crippen LogP contribution is -2.14. The fourth-order valence-electron chi connectivity index (χ4n) is 2.74. The molecule has 1 saturated heterocycles. The highest BCUT2D eigenvalue weighted by atomic mass is 16.5. The van der Waals surface area contributed by atoms with Crippen LogP contribution in [0.5, 0.6) is 5.75 Å². The van der Waals surface area contributed by atoms with Crippen LogP contribution in [0.3, 0.4) is 0 Å². The van der Waals surface area contributed by atoms with E-state index in [2.05, 4.69) is 4.98 Å². The third-order valence-electron chi connectivity index (χ3n) is 3.72. The fourth-order valence-corrected chi connectivity index (χ4v) is 2.74. The molecule has 0 saturated carbocycles. The molecule has 0 radical (unpaired) electrons. The van der Waals surface area contributed by atoms with E-state index in [-0.39, 0.29) is 17.8 Å². The van der Waals surface area contributed by atoms with Gasteiger partial charge in [-0.1, -0.05) is 6.07 Å². The van der Waals surface area contributed by atoms with E-state index in [9.17, 15) is 4.79 Å². The molecule has 0 bridgehead atoms. The van der Waals surface area contributed by atoms with Crippen LogP contribution < -0.4 is 4.74 Å². The molecule has 1 fully saturated rings. The van der Waals surface area contributed by atoms with Gasteiger partial charge in [0.2, 0.25) is 0 Å².